The lowest BCUT2D eigenvalue weighted by atomic mass is 10.1. The van der Waals surface area contributed by atoms with Crippen LogP contribution >= 0.6 is 0 Å². The van der Waals surface area contributed by atoms with Crippen molar-refractivity contribution in [2.24, 2.45) is 0 Å². The number of fused-ring (bicyclic) bond motifs is 1. The van der Waals surface area contributed by atoms with Crippen LogP contribution in [0.15, 0.2) is 60.0 Å². The number of nitrogens with zero attached hydrogens (tertiary/aromatic N) is 3. The number of ether oxygens (including phenoxy) is 1. The number of imidazole rings is 1. The number of aromatic amines is 1. The SMILES string of the molecule is Cc1ccc(NS(=O)(=O)c2cc(C(=O)OC(C)C(=O)Nc3ncnc4nc[nH]c34)ccc2C)cc1. The summed E-state index contributed by atoms with van der Waals surface area (Å²) in [7, 11) is -3.97. The Balaban J connectivity index is 1.48. The zero-order valence-corrected chi connectivity index (χ0v) is 19.9. The van der Waals surface area contributed by atoms with Crippen LogP contribution in [-0.2, 0) is 19.6 Å². The van der Waals surface area contributed by atoms with Crippen molar-refractivity contribution in [3.63, 3.8) is 0 Å². The predicted octanol–water partition coefficient (Wildman–Crippen LogP) is 2.95. The number of rotatable bonds is 7. The highest BCUT2D eigenvalue weighted by Gasteiger charge is 2.23. The molecule has 0 fully saturated rings. The Morgan fingerprint density at radius 3 is 2.51 bits per heavy atom. The number of carbonyl (C=O) groups excluding carboxylic acids is 2. The number of carbonyl (C=O) groups is 2. The van der Waals surface area contributed by atoms with E-state index in [1.54, 1.807) is 31.2 Å². The Morgan fingerprint density at radius 2 is 1.77 bits per heavy atom. The van der Waals surface area contributed by atoms with Crippen LogP contribution in [0.4, 0.5) is 11.5 Å². The minimum atomic E-state index is -3.97. The number of hydrogen-bond acceptors (Lipinski definition) is 8. The van der Waals surface area contributed by atoms with Gasteiger partial charge in [-0.15, -0.1) is 0 Å². The van der Waals surface area contributed by atoms with Crippen molar-refractivity contribution in [2.75, 3.05) is 10.0 Å². The third-order valence-electron chi connectivity index (χ3n) is 5.13. The standard InChI is InChI=1S/C23H22N6O5S/c1-13-4-8-17(9-5-13)29-35(32,33)18-10-16(7-6-14(18)2)23(31)34-15(3)22(30)28-21-19-20(25-11-24-19)26-12-27-21/h4-12,15,29H,1-3H3,(H2,24,25,26,27,28,30). The van der Waals surface area contributed by atoms with Gasteiger partial charge in [-0.1, -0.05) is 23.8 Å². The van der Waals surface area contributed by atoms with E-state index in [1.165, 1.54) is 37.8 Å². The van der Waals surface area contributed by atoms with Crippen LogP contribution in [0.1, 0.15) is 28.4 Å². The van der Waals surface area contributed by atoms with E-state index in [0.29, 0.717) is 22.4 Å². The fourth-order valence-corrected chi connectivity index (χ4v) is 4.54. The molecular formula is C23H22N6O5S. The number of hydrogen-bond donors (Lipinski definition) is 3. The Labute approximate surface area is 201 Å². The van der Waals surface area contributed by atoms with E-state index in [-0.39, 0.29) is 16.3 Å². The van der Waals surface area contributed by atoms with Gasteiger partial charge in [0.05, 0.1) is 16.8 Å². The maximum atomic E-state index is 13.0. The van der Waals surface area contributed by atoms with Crippen molar-refractivity contribution < 1.29 is 22.7 Å². The molecule has 0 spiro atoms. The molecule has 0 radical (unpaired) electrons. The second kappa shape index (κ2) is 9.50. The Hall–Kier alpha value is -4.32. The van der Waals surface area contributed by atoms with Crippen molar-refractivity contribution in [3.8, 4) is 0 Å². The smallest absolute Gasteiger partial charge is 0.338 e. The number of nitrogens with one attached hydrogen (secondary N) is 3. The summed E-state index contributed by atoms with van der Waals surface area (Å²) in [5, 5.41) is 2.56. The summed E-state index contributed by atoms with van der Waals surface area (Å²) in [6.45, 7) is 4.90. The maximum absolute atomic E-state index is 13.0. The molecule has 0 aliphatic rings. The second-order valence-corrected chi connectivity index (χ2v) is 9.46. The molecule has 0 aliphatic carbocycles. The molecule has 35 heavy (non-hydrogen) atoms. The maximum Gasteiger partial charge on any atom is 0.338 e. The normalized spacial score (nSPS) is 12.2. The number of aromatic nitrogens is 4. The minimum absolute atomic E-state index is 0.0162. The molecule has 4 aromatic rings. The van der Waals surface area contributed by atoms with Gasteiger partial charge in [-0.25, -0.2) is 28.2 Å². The van der Waals surface area contributed by atoms with E-state index in [4.69, 9.17) is 4.74 Å². The van der Waals surface area contributed by atoms with Crippen molar-refractivity contribution in [1.29, 1.82) is 0 Å². The summed E-state index contributed by atoms with van der Waals surface area (Å²) >= 11 is 0. The highest BCUT2D eigenvalue weighted by molar-refractivity contribution is 7.92. The molecule has 0 saturated heterocycles. The monoisotopic (exact) mass is 494 g/mol. The Bertz CT molecular complexity index is 1520. The molecule has 2 aromatic heterocycles. The number of H-pyrrole nitrogens is 1. The Kier molecular flexibility index (Phi) is 6.47. The van der Waals surface area contributed by atoms with Gasteiger partial charge in [0.2, 0.25) is 0 Å². The molecule has 2 aromatic carbocycles. The predicted molar refractivity (Wildman–Crippen MR) is 128 cm³/mol. The average molecular weight is 495 g/mol. The number of amides is 1. The molecule has 4 rings (SSSR count). The molecule has 1 atom stereocenters. The summed E-state index contributed by atoms with van der Waals surface area (Å²) in [5.74, 6) is -1.30. The van der Waals surface area contributed by atoms with Crippen molar-refractivity contribution in [2.45, 2.75) is 31.8 Å². The lowest BCUT2D eigenvalue weighted by molar-refractivity contribution is -0.123. The first-order valence-corrected chi connectivity index (χ1v) is 12.0. The first kappa shape index (κ1) is 23.8. The molecular weight excluding hydrogens is 472 g/mol. The van der Waals surface area contributed by atoms with Crippen LogP contribution in [0, 0.1) is 13.8 Å². The molecule has 1 unspecified atom stereocenters. The van der Waals surface area contributed by atoms with E-state index in [1.807, 2.05) is 6.92 Å². The molecule has 3 N–H and O–H groups in total. The number of sulfonamides is 1. The molecule has 12 heteroatoms. The molecule has 0 saturated carbocycles. The van der Waals surface area contributed by atoms with Gasteiger partial charge in [-0.05, 0) is 50.6 Å². The van der Waals surface area contributed by atoms with Crippen LogP contribution in [0.2, 0.25) is 0 Å². The van der Waals surface area contributed by atoms with E-state index in [2.05, 4.69) is 30.0 Å². The summed E-state index contributed by atoms with van der Waals surface area (Å²) in [6.07, 6.45) is 1.46. The third-order valence-corrected chi connectivity index (χ3v) is 6.66. The average Bonchev–Trinajstić information content (AvgIpc) is 3.30. The van der Waals surface area contributed by atoms with Gasteiger partial charge in [0.1, 0.15) is 11.8 Å². The first-order valence-electron chi connectivity index (χ1n) is 10.5. The van der Waals surface area contributed by atoms with Gasteiger partial charge >= 0.3 is 5.97 Å². The summed E-state index contributed by atoms with van der Waals surface area (Å²) < 4.78 is 33.7. The number of esters is 1. The fraction of sp³-hybridized carbons (Fsp3) is 0.174. The molecule has 0 bridgehead atoms. The largest absolute Gasteiger partial charge is 0.449 e. The summed E-state index contributed by atoms with van der Waals surface area (Å²) in [4.78, 5) is 40.0. The summed E-state index contributed by atoms with van der Waals surface area (Å²) in [6, 6.07) is 11.0. The highest BCUT2D eigenvalue weighted by atomic mass is 32.2. The van der Waals surface area contributed by atoms with Gasteiger partial charge in [-0.3, -0.25) is 9.52 Å². The van der Waals surface area contributed by atoms with Gasteiger partial charge in [0.25, 0.3) is 15.9 Å². The van der Waals surface area contributed by atoms with E-state index in [0.717, 1.165) is 5.56 Å². The second-order valence-electron chi connectivity index (χ2n) is 7.81. The van der Waals surface area contributed by atoms with Gasteiger partial charge in [0, 0.05) is 5.69 Å². The number of benzene rings is 2. The minimum Gasteiger partial charge on any atom is -0.449 e. The fourth-order valence-electron chi connectivity index (χ4n) is 3.21. The summed E-state index contributed by atoms with van der Waals surface area (Å²) in [5.41, 5.74) is 2.60. The van der Waals surface area contributed by atoms with Crippen LogP contribution in [-0.4, -0.2) is 46.3 Å². The third kappa shape index (κ3) is 5.27. The van der Waals surface area contributed by atoms with Crippen LogP contribution in [0.25, 0.3) is 11.2 Å². The molecule has 2 heterocycles. The highest BCUT2D eigenvalue weighted by Crippen LogP contribution is 2.22. The van der Waals surface area contributed by atoms with Crippen LogP contribution < -0.4 is 10.0 Å². The van der Waals surface area contributed by atoms with E-state index >= 15 is 0 Å². The molecule has 11 nitrogen and oxygen atoms in total. The number of aryl methyl sites for hydroxylation is 2. The zero-order valence-electron chi connectivity index (χ0n) is 19.1. The molecule has 1 amide bonds. The lowest BCUT2D eigenvalue weighted by Crippen LogP contribution is -2.30. The first-order chi connectivity index (χ1) is 16.6. The van der Waals surface area contributed by atoms with Gasteiger partial charge in [0.15, 0.2) is 17.6 Å². The topological polar surface area (TPSA) is 156 Å². The number of anilines is 2. The van der Waals surface area contributed by atoms with Gasteiger partial charge < -0.3 is 15.0 Å². The lowest BCUT2D eigenvalue weighted by Gasteiger charge is -2.15. The van der Waals surface area contributed by atoms with E-state index in [9.17, 15) is 18.0 Å². The van der Waals surface area contributed by atoms with Crippen molar-refractivity contribution >= 4 is 44.6 Å². The zero-order chi connectivity index (χ0) is 25.2. The van der Waals surface area contributed by atoms with Crippen LogP contribution in [0.3, 0.4) is 0 Å². The molecule has 0 aliphatic heterocycles. The van der Waals surface area contributed by atoms with Gasteiger partial charge in [-0.2, -0.15) is 0 Å². The van der Waals surface area contributed by atoms with Crippen LogP contribution in [0.5, 0.6) is 0 Å². The Morgan fingerprint density at radius 1 is 1.03 bits per heavy atom. The molecule has 180 valence electrons. The van der Waals surface area contributed by atoms with Crippen molar-refractivity contribution in [1.82, 2.24) is 19.9 Å². The van der Waals surface area contributed by atoms with Crippen molar-refractivity contribution in [3.05, 3.63) is 71.8 Å². The van der Waals surface area contributed by atoms with E-state index < -0.39 is 28.0 Å². The quantitative estimate of drug-likeness (QED) is 0.331.